The van der Waals surface area contributed by atoms with E-state index < -0.39 is 18.1 Å². The van der Waals surface area contributed by atoms with Crippen molar-refractivity contribution < 1.29 is 24.2 Å². The number of carboxylic acid groups (broad SMARTS) is 1. The number of unbranched alkanes of at least 4 members (excludes halogenated alkanes) is 1. The van der Waals surface area contributed by atoms with E-state index in [9.17, 15) is 14.7 Å². The molecule has 1 amide bonds. The highest BCUT2D eigenvalue weighted by atomic mass is 16.5. The Labute approximate surface area is 220 Å². The van der Waals surface area contributed by atoms with E-state index in [4.69, 9.17) is 14.5 Å². The maximum Gasteiger partial charge on any atom is 0.408 e. The Hall–Kier alpha value is -2.97. The highest BCUT2D eigenvalue weighted by molar-refractivity contribution is 5.79. The van der Waals surface area contributed by atoms with Crippen LogP contribution in [0.3, 0.4) is 0 Å². The molecule has 8 nitrogen and oxygen atoms in total. The summed E-state index contributed by atoms with van der Waals surface area (Å²) in [5.41, 5.74) is 4.68. The number of benzene rings is 1. The van der Waals surface area contributed by atoms with Crippen LogP contribution < -0.4 is 5.32 Å². The van der Waals surface area contributed by atoms with Crippen LogP contribution in [0.2, 0.25) is 0 Å². The first kappa shape index (κ1) is 28.6. The maximum atomic E-state index is 12.2. The molecule has 0 radical (unpaired) electrons. The zero-order chi connectivity index (χ0) is 26.3. The van der Waals surface area contributed by atoms with Gasteiger partial charge in [0.05, 0.1) is 6.61 Å². The molecule has 8 heteroatoms. The third kappa shape index (κ3) is 10.5. The molecule has 1 aromatic carbocycles. The van der Waals surface area contributed by atoms with Crippen molar-refractivity contribution in [2.75, 3.05) is 32.8 Å². The number of ether oxygens (including phenoxy) is 2. The average Bonchev–Trinajstić information content (AvgIpc) is 2.92. The van der Waals surface area contributed by atoms with Crippen molar-refractivity contribution >= 4 is 12.1 Å². The number of aryl methyl sites for hydroxylation is 3. The number of nitrogens with one attached hydrogen (secondary N) is 1. The molecule has 0 fully saturated rings. The Morgan fingerprint density at radius 3 is 2.65 bits per heavy atom. The van der Waals surface area contributed by atoms with E-state index >= 15 is 0 Å². The summed E-state index contributed by atoms with van der Waals surface area (Å²) >= 11 is 0. The third-order valence-electron chi connectivity index (χ3n) is 6.69. The Morgan fingerprint density at radius 1 is 1.05 bits per heavy atom. The largest absolute Gasteiger partial charge is 0.480 e. The number of rotatable bonds is 16. The fourth-order valence-corrected chi connectivity index (χ4v) is 4.56. The van der Waals surface area contributed by atoms with Crippen LogP contribution in [0.15, 0.2) is 42.5 Å². The molecule has 0 unspecified atom stereocenters. The Bertz CT molecular complexity index is 969. The van der Waals surface area contributed by atoms with Gasteiger partial charge in [0.1, 0.15) is 12.6 Å². The molecule has 0 saturated carbocycles. The van der Waals surface area contributed by atoms with Crippen LogP contribution >= 0.6 is 0 Å². The number of amides is 1. The minimum Gasteiger partial charge on any atom is -0.480 e. The number of aromatic nitrogens is 1. The summed E-state index contributed by atoms with van der Waals surface area (Å²) < 4.78 is 10.7. The molecule has 37 heavy (non-hydrogen) atoms. The number of nitrogens with zero attached hydrogens (tertiary/aromatic N) is 2. The van der Waals surface area contributed by atoms with Crippen LogP contribution in [0.1, 0.15) is 61.5 Å². The molecule has 0 bridgehead atoms. The quantitative estimate of drug-likeness (QED) is 0.322. The maximum absolute atomic E-state index is 12.2. The second-order valence-electron chi connectivity index (χ2n) is 9.50. The average molecular weight is 512 g/mol. The minimum absolute atomic E-state index is 0.0958. The Kier molecular flexibility index (Phi) is 12.4. The summed E-state index contributed by atoms with van der Waals surface area (Å²) in [7, 11) is 0. The lowest BCUT2D eigenvalue weighted by Crippen LogP contribution is -2.43. The Balaban J connectivity index is 1.43. The van der Waals surface area contributed by atoms with E-state index in [1.165, 1.54) is 24.1 Å². The number of carboxylic acids is 1. The number of aliphatic carboxylic acids is 1. The van der Waals surface area contributed by atoms with Gasteiger partial charge in [-0.2, -0.15) is 0 Å². The van der Waals surface area contributed by atoms with Crippen molar-refractivity contribution in [3.05, 3.63) is 65.0 Å². The van der Waals surface area contributed by atoms with E-state index in [-0.39, 0.29) is 13.0 Å². The van der Waals surface area contributed by atoms with Crippen molar-refractivity contribution in [3.8, 4) is 0 Å². The molecular weight excluding hydrogens is 470 g/mol. The fourth-order valence-electron chi connectivity index (χ4n) is 4.56. The lowest BCUT2D eigenvalue weighted by molar-refractivity contribution is -0.139. The van der Waals surface area contributed by atoms with Crippen LogP contribution in [0, 0.1) is 0 Å². The van der Waals surface area contributed by atoms with Crippen LogP contribution in [0.5, 0.6) is 0 Å². The molecule has 1 aliphatic carbocycles. The van der Waals surface area contributed by atoms with E-state index in [0.29, 0.717) is 19.8 Å². The van der Waals surface area contributed by atoms with Gasteiger partial charge in [0.2, 0.25) is 0 Å². The van der Waals surface area contributed by atoms with Gasteiger partial charge in [-0.1, -0.05) is 36.4 Å². The summed E-state index contributed by atoms with van der Waals surface area (Å²) in [6.45, 7) is 5.39. The Morgan fingerprint density at radius 2 is 1.86 bits per heavy atom. The molecule has 0 spiro atoms. The number of alkyl carbamates (subject to hydrolysis) is 1. The lowest BCUT2D eigenvalue weighted by Gasteiger charge is -2.24. The number of hydrogen-bond acceptors (Lipinski definition) is 6. The van der Waals surface area contributed by atoms with E-state index in [0.717, 1.165) is 56.5 Å². The normalized spacial score (nSPS) is 13.7. The molecule has 1 atom stereocenters. The molecule has 1 heterocycles. The molecule has 1 aromatic heterocycles. The van der Waals surface area contributed by atoms with Gasteiger partial charge in [0, 0.05) is 31.1 Å². The monoisotopic (exact) mass is 511 g/mol. The van der Waals surface area contributed by atoms with Gasteiger partial charge >= 0.3 is 12.1 Å². The number of carbonyl (C=O) groups is 2. The molecule has 0 saturated heterocycles. The fraction of sp³-hybridized carbons (Fsp3) is 0.552. The van der Waals surface area contributed by atoms with Crippen molar-refractivity contribution in [3.63, 3.8) is 0 Å². The SMILES string of the molecule is CCOCCN(CCCCc1ccc2c(n1)CCCC2)CC[C@H](NC(=O)OCc1ccccc1)C(=O)O. The van der Waals surface area contributed by atoms with Crippen molar-refractivity contribution in [2.24, 2.45) is 0 Å². The molecule has 3 rings (SSSR count). The summed E-state index contributed by atoms with van der Waals surface area (Å²) in [4.78, 5) is 31.1. The molecule has 1 aliphatic rings. The number of carbonyl (C=O) groups excluding carboxylic acids is 1. The van der Waals surface area contributed by atoms with Gasteiger partial charge in [-0.15, -0.1) is 0 Å². The van der Waals surface area contributed by atoms with Crippen LogP contribution in [0.4, 0.5) is 4.79 Å². The summed E-state index contributed by atoms with van der Waals surface area (Å²) in [6.07, 6.45) is 7.23. The predicted octanol–water partition coefficient (Wildman–Crippen LogP) is 4.39. The molecule has 2 N–H and O–H groups in total. The first-order chi connectivity index (χ1) is 18.0. The number of pyridine rings is 1. The topological polar surface area (TPSA) is 101 Å². The number of fused-ring (bicyclic) bond motifs is 1. The van der Waals surface area contributed by atoms with Gasteiger partial charge < -0.3 is 24.8 Å². The molecular formula is C29H41N3O5. The van der Waals surface area contributed by atoms with Gasteiger partial charge in [0.25, 0.3) is 0 Å². The summed E-state index contributed by atoms with van der Waals surface area (Å²) in [5.74, 6) is -1.07. The van der Waals surface area contributed by atoms with Gasteiger partial charge in [-0.05, 0) is 82.0 Å². The highest BCUT2D eigenvalue weighted by Gasteiger charge is 2.22. The molecule has 0 aliphatic heterocycles. The lowest BCUT2D eigenvalue weighted by atomic mass is 9.95. The van der Waals surface area contributed by atoms with E-state index in [1.807, 2.05) is 37.3 Å². The summed E-state index contributed by atoms with van der Waals surface area (Å²) in [6, 6.07) is 12.7. The van der Waals surface area contributed by atoms with Crippen molar-refractivity contribution in [2.45, 2.75) is 70.9 Å². The van der Waals surface area contributed by atoms with Gasteiger partial charge in [0.15, 0.2) is 0 Å². The smallest absolute Gasteiger partial charge is 0.408 e. The van der Waals surface area contributed by atoms with Gasteiger partial charge in [-0.3, -0.25) is 4.98 Å². The zero-order valence-corrected chi connectivity index (χ0v) is 22.0. The highest BCUT2D eigenvalue weighted by Crippen LogP contribution is 2.20. The first-order valence-corrected chi connectivity index (χ1v) is 13.5. The second kappa shape index (κ2) is 16.0. The molecule has 2 aromatic rings. The standard InChI is InChI=1S/C29H41N3O5/c1-2-36-21-20-32(18-9-8-13-25-16-15-24-12-6-7-14-26(24)30-25)19-17-27(28(33)34)31-29(35)37-22-23-10-4-3-5-11-23/h3-5,10-11,15-16,27H,2,6-9,12-14,17-22H2,1H3,(H,31,35)(H,33,34)/t27-/m0/s1. The van der Waals surface area contributed by atoms with Crippen LogP contribution in [-0.2, 0) is 40.1 Å². The first-order valence-electron chi connectivity index (χ1n) is 13.5. The van der Waals surface area contributed by atoms with Crippen LogP contribution in [0.25, 0.3) is 0 Å². The molecule has 202 valence electrons. The third-order valence-corrected chi connectivity index (χ3v) is 6.69. The number of hydrogen-bond donors (Lipinski definition) is 2. The van der Waals surface area contributed by atoms with Gasteiger partial charge in [-0.25, -0.2) is 9.59 Å². The predicted molar refractivity (Wildman–Crippen MR) is 143 cm³/mol. The second-order valence-corrected chi connectivity index (χ2v) is 9.50. The summed E-state index contributed by atoms with van der Waals surface area (Å²) in [5, 5.41) is 12.1. The van der Waals surface area contributed by atoms with Crippen molar-refractivity contribution in [1.29, 1.82) is 0 Å². The van der Waals surface area contributed by atoms with Crippen LogP contribution in [-0.4, -0.2) is 65.9 Å². The van der Waals surface area contributed by atoms with E-state index in [2.05, 4.69) is 22.3 Å². The zero-order valence-electron chi connectivity index (χ0n) is 22.0. The minimum atomic E-state index is -1.07. The van der Waals surface area contributed by atoms with Crippen molar-refractivity contribution in [1.82, 2.24) is 15.2 Å². The van der Waals surface area contributed by atoms with E-state index in [1.54, 1.807) is 0 Å².